The molecule has 0 amide bonds. The van der Waals surface area contributed by atoms with E-state index in [1.807, 2.05) is 6.92 Å². The SMILES string of the molecule is CCc1ccnc(C(=O)O)c1Br. The lowest BCUT2D eigenvalue weighted by molar-refractivity contribution is 0.0689. The van der Waals surface area contributed by atoms with Gasteiger partial charge in [-0.15, -0.1) is 0 Å². The van der Waals surface area contributed by atoms with Gasteiger partial charge in [-0.1, -0.05) is 6.92 Å². The van der Waals surface area contributed by atoms with Crippen molar-refractivity contribution in [2.24, 2.45) is 0 Å². The van der Waals surface area contributed by atoms with Gasteiger partial charge in [0.25, 0.3) is 0 Å². The second-order valence-corrected chi connectivity index (χ2v) is 3.08. The molecule has 0 spiro atoms. The zero-order valence-electron chi connectivity index (χ0n) is 6.54. The van der Waals surface area contributed by atoms with Gasteiger partial charge in [0.2, 0.25) is 0 Å². The summed E-state index contributed by atoms with van der Waals surface area (Å²) in [5.74, 6) is -1.00. The van der Waals surface area contributed by atoms with Crippen molar-refractivity contribution in [2.75, 3.05) is 0 Å². The molecule has 0 bridgehead atoms. The summed E-state index contributed by atoms with van der Waals surface area (Å²) in [6, 6.07) is 1.80. The second-order valence-electron chi connectivity index (χ2n) is 2.29. The highest BCUT2D eigenvalue weighted by molar-refractivity contribution is 9.10. The molecular weight excluding hydrogens is 222 g/mol. The molecule has 64 valence electrons. The van der Waals surface area contributed by atoms with Crippen molar-refractivity contribution in [3.05, 3.63) is 28.0 Å². The first-order chi connectivity index (χ1) is 5.66. The van der Waals surface area contributed by atoms with Gasteiger partial charge in [0.1, 0.15) is 0 Å². The van der Waals surface area contributed by atoms with Crippen molar-refractivity contribution in [1.82, 2.24) is 4.98 Å². The molecule has 1 aromatic heterocycles. The number of hydrogen-bond acceptors (Lipinski definition) is 2. The molecule has 0 saturated carbocycles. The molecule has 0 aromatic carbocycles. The third kappa shape index (κ3) is 1.64. The Labute approximate surface area is 78.6 Å². The summed E-state index contributed by atoms with van der Waals surface area (Å²) in [6.45, 7) is 1.96. The van der Waals surface area contributed by atoms with E-state index in [-0.39, 0.29) is 5.69 Å². The van der Waals surface area contributed by atoms with Crippen LogP contribution in [0.1, 0.15) is 23.0 Å². The number of halogens is 1. The zero-order valence-corrected chi connectivity index (χ0v) is 8.13. The number of pyridine rings is 1. The maximum atomic E-state index is 10.6. The van der Waals surface area contributed by atoms with Gasteiger partial charge in [-0.2, -0.15) is 0 Å². The van der Waals surface area contributed by atoms with E-state index in [1.54, 1.807) is 6.07 Å². The van der Waals surface area contributed by atoms with Crippen LogP contribution in [-0.4, -0.2) is 16.1 Å². The van der Waals surface area contributed by atoms with Crippen molar-refractivity contribution >= 4 is 21.9 Å². The number of hydrogen-bond donors (Lipinski definition) is 1. The highest BCUT2D eigenvalue weighted by Crippen LogP contribution is 2.19. The van der Waals surface area contributed by atoms with Crippen LogP contribution < -0.4 is 0 Å². The summed E-state index contributed by atoms with van der Waals surface area (Å²) >= 11 is 3.20. The molecular formula is C8H8BrNO2. The van der Waals surface area contributed by atoms with Crippen molar-refractivity contribution in [3.8, 4) is 0 Å². The van der Waals surface area contributed by atoms with E-state index >= 15 is 0 Å². The first-order valence-electron chi connectivity index (χ1n) is 3.53. The van der Waals surface area contributed by atoms with Crippen LogP contribution >= 0.6 is 15.9 Å². The predicted molar refractivity (Wildman–Crippen MR) is 48.3 cm³/mol. The van der Waals surface area contributed by atoms with Gasteiger partial charge in [-0.05, 0) is 34.0 Å². The number of aromatic nitrogens is 1. The topological polar surface area (TPSA) is 50.2 Å². The first-order valence-corrected chi connectivity index (χ1v) is 4.32. The maximum absolute atomic E-state index is 10.6. The lowest BCUT2D eigenvalue weighted by atomic mass is 10.2. The Balaban J connectivity index is 3.23. The molecule has 1 rings (SSSR count). The van der Waals surface area contributed by atoms with E-state index < -0.39 is 5.97 Å². The van der Waals surface area contributed by atoms with Gasteiger partial charge in [-0.3, -0.25) is 0 Å². The average Bonchev–Trinajstić information content (AvgIpc) is 2.04. The van der Waals surface area contributed by atoms with Crippen molar-refractivity contribution in [2.45, 2.75) is 13.3 Å². The lowest BCUT2D eigenvalue weighted by Crippen LogP contribution is -2.02. The second kappa shape index (κ2) is 3.67. The molecule has 0 fully saturated rings. The number of aromatic carboxylic acids is 1. The normalized spacial score (nSPS) is 9.83. The summed E-state index contributed by atoms with van der Waals surface area (Å²) in [7, 11) is 0. The molecule has 0 aliphatic rings. The summed E-state index contributed by atoms with van der Waals surface area (Å²) in [5, 5.41) is 8.69. The van der Waals surface area contributed by atoms with Crippen LogP contribution in [0.2, 0.25) is 0 Å². The van der Waals surface area contributed by atoms with E-state index in [1.165, 1.54) is 6.20 Å². The smallest absolute Gasteiger partial charge is 0.355 e. The Morgan fingerprint density at radius 3 is 2.92 bits per heavy atom. The van der Waals surface area contributed by atoms with E-state index in [9.17, 15) is 4.79 Å². The molecule has 0 aliphatic carbocycles. The highest BCUT2D eigenvalue weighted by Gasteiger charge is 2.11. The van der Waals surface area contributed by atoms with E-state index in [4.69, 9.17) is 5.11 Å². The Morgan fingerprint density at radius 2 is 2.42 bits per heavy atom. The minimum Gasteiger partial charge on any atom is -0.476 e. The molecule has 1 heterocycles. The van der Waals surface area contributed by atoms with Gasteiger partial charge in [0, 0.05) is 6.20 Å². The van der Waals surface area contributed by atoms with E-state index in [2.05, 4.69) is 20.9 Å². The van der Waals surface area contributed by atoms with Gasteiger partial charge < -0.3 is 5.11 Å². The fourth-order valence-corrected chi connectivity index (χ4v) is 1.59. The zero-order chi connectivity index (χ0) is 9.14. The molecule has 12 heavy (non-hydrogen) atoms. The molecule has 4 heteroatoms. The molecule has 3 nitrogen and oxygen atoms in total. The molecule has 1 N–H and O–H groups in total. The van der Waals surface area contributed by atoms with Crippen molar-refractivity contribution < 1.29 is 9.90 Å². The standard InChI is InChI=1S/C8H8BrNO2/c1-2-5-3-4-10-7(6(5)9)8(11)12/h3-4H,2H2,1H3,(H,11,12). The Bertz CT molecular complexity index is 312. The third-order valence-electron chi connectivity index (χ3n) is 1.55. The van der Waals surface area contributed by atoms with Gasteiger partial charge in [-0.25, -0.2) is 9.78 Å². The van der Waals surface area contributed by atoms with Crippen LogP contribution in [0.3, 0.4) is 0 Å². The van der Waals surface area contributed by atoms with E-state index in [0.717, 1.165) is 12.0 Å². The maximum Gasteiger partial charge on any atom is 0.355 e. The van der Waals surface area contributed by atoms with Crippen LogP contribution in [0.25, 0.3) is 0 Å². The number of aryl methyl sites for hydroxylation is 1. The van der Waals surface area contributed by atoms with Crippen LogP contribution in [0.15, 0.2) is 16.7 Å². The molecule has 0 unspecified atom stereocenters. The number of carboxylic acid groups (broad SMARTS) is 1. The Hall–Kier alpha value is -0.900. The predicted octanol–water partition coefficient (Wildman–Crippen LogP) is 2.10. The van der Waals surface area contributed by atoms with Crippen molar-refractivity contribution in [1.29, 1.82) is 0 Å². The van der Waals surface area contributed by atoms with Gasteiger partial charge in [0.05, 0.1) is 4.47 Å². The fourth-order valence-electron chi connectivity index (χ4n) is 0.906. The number of carbonyl (C=O) groups is 1. The van der Waals surface area contributed by atoms with E-state index in [0.29, 0.717) is 4.47 Å². The fraction of sp³-hybridized carbons (Fsp3) is 0.250. The van der Waals surface area contributed by atoms with Crippen LogP contribution in [0.4, 0.5) is 0 Å². The average molecular weight is 230 g/mol. The number of rotatable bonds is 2. The largest absolute Gasteiger partial charge is 0.476 e. The number of nitrogens with zero attached hydrogens (tertiary/aromatic N) is 1. The van der Waals surface area contributed by atoms with Crippen molar-refractivity contribution in [3.63, 3.8) is 0 Å². The van der Waals surface area contributed by atoms with Crippen LogP contribution in [0.5, 0.6) is 0 Å². The van der Waals surface area contributed by atoms with Crippen LogP contribution in [-0.2, 0) is 6.42 Å². The quantitative estimate of drug-likeness (QED) is 0.846. The van der Waals surface area contributed by atoms with Gasteiger partial charge >= 0.3 is 5.97 Å². The van der Waals surface area contributed by atoms with Gasteiger partial charge in [0.15, 0.2) is 5.69 Å². The molecule has 0 radical (unpaired) electrons. The van der Waals surface area contributed by atoms with Crippen LogP contribution in [0, 0.1) is 0 Å². The minimum absolute atomic E-state index is 0.0781. The molecule has 0 atom stereocenters. The highest BCUT2D eigenvalue weighted by atomic mass is 79.9. The summed E-state index contributed by atoms with van der Waals surface area (Å²) in [6.07, 6.45) is 2.30. The lowest BCUT2D eigenvalue weighted by Gasteiger charge is -2.02. The third-order valence-corrected chi connectivity index (χ3v) is 2.44. The summed E-state index contributed by atoms with van der Waals surface area (Å²) in [5.41, 5.74) is 1.04. The minimum atomic E-state index is -1.00. The summed E-state index contributed by atoms with van der Waals surface area (Å²) in [4.78, 5) is 14.3. The Morgan fingerprint density at radius 1 is 1.75 bits per heavy atom. The number of carboxylic acids is 1. The molecule has 0 saturated heterocycles. The molecule has 0 aliphatic heterocycles. The molecule has 1 aromatic rings. The summed E-state index contributed by atoms with van der Waals surface area (Å²) < 4.78 is 0.583. The Kier molecular flexibility index (Phi) is 2.81. The monoisotopic (exact) mass is 229 g/mol. The first kappa shape index (κ1) is 9.19.